The van der Waals surface area contributed by atoms with Gasteiger partial charge >= 0.3 is 0 Å². The lowest BCUT2D eigenvalue weighted by atomic mass is 10.2. The summed E-state index contributed by atoms with van der Waals surface area (Å²) in [6, 6.07) is 4.72. The molecular formula is C12H17NO5. The average molecular weight is 255 g/mol. The predicted molar refractivity (Wildman–Crippen MR) is 64.8 cm³/mol. The molecule has 100 valence electrons. The lowest BCUT2D eigenvalue weighted by Gasteiger charge is -2.15. The Morgan fingerprint density at radius 2 is 1.78 bits per heavy atom. The smallest absolute Gasteiger partial charge is 0.248 e. The standard InChI is InChI=1S/C12H17NO5/c1-15-9-4-8(12(13)14)5-10(6-9)18-7-11(16-2)17-3/h4-6,11H,7H2,1-3H3,(H2,13,14). The molecule has 2 N–H and O–H groups in total. The van der Waals surface area contributed by atoms with E-state index in [1.165, 1.54) is 27.4 Å². The van der Waals surface area contributed by atoms with E-state index in [9.17, 15) is 4.79 Å². The number of methoxy groups -OCH3 is 3. The summed E-state index contributed by atoms with van der Waals surface area (Å²) < 4.78 is 20.5. The number of hydrogen-bond acceptors (Lipinski definition) is 5. The molecule has 0 heterocycles. The molecule has 1 amide bonds. The Bertz CT molecular complexity index is 403. The maximum atomic E-state index is 11.1. The first-order valence-corrected chi connectivity index (χ1v) is 5.28. The molecule has 0 fully saturated rings. The van der Waals surface area contributed by atoms with Crippen molar-refractivity contribution >= 4 is 5.91 Å². The maximum Gasteiger partial charge on any atom is 0.248 e. The highest BCUT2D eigenvalue weighted by Gasteiger charge is 2.10. The largest absolute Gasteiger partial charge is 0.497 e. The van der Waals surface area contributed by atoms with E-state index in [-0.39, 0.29) is 6.61 Å². The van der Waals surface area contributed by atoms with Crippen LogP contribution in [0.3, 0.4) is 0 Å². The summed E-state index contributed by atoms with van der Waals surface area (Å²) in [6.07, 6.45) is -0.478. The zero-order valence-electron chi connectivity index (χ0n) is 10.6. The first-order chi connectivity index (χ1) is 8.60. The molecule has 1 aromatic rings. The van der Waals surface area contributed by atoms with Crippen LogP contribution in [0.4, 0.5) is 0 Å². The van der Waals surface area contributed by atoms with E-state index in [4.69, 9.17) is 24.7 Å². The molecule has 0 unspecified atom stereocenters. The quantitative estimate of drug-likeness (QED) is 0.729. The van der Waals surface area contributed by atoms with E-state index in [1.54, 1.807) is 12.1 Å². The number of primary amides is 1. The maximum absolute atomic E-state index is 11.1. The van der Waals surface area contributed by atoms with Crippen LogP contribution in [0.15, 0.2) is 18.2 Å². The van der Waals surface area contributed by atoms with Crippen LogP contribution in [0.25, 0.3) is 0 Å². The van der Waals surface area contributed by atoms with Gasteiger partial charge in [0.25, 0.3) is 0 Å². The van der Waals surface area contributed by atoms with E-state index in [1.807, 2.05) is 0 Å². The van der Waals surface area contributed by atoms with Crippen LogP contribution < -0.4 is 15.2 Å². The number of hydrogen-bond donors (Lipinski definition) is 1. The van der Waals surface area contributed by atoms with Crippen molar-refractivity contribution in [2.45, 2.75) is 6.29 Å². The number of amides is 1. The Labute approximate surface area is 106 Å². The Kier molecular flexibility index (Phi) is 5.41. The number of carbonyl (C=O) groups is 1. The molecule has 18 heavy (non-hydrogen) atoms. The molecule has 0 spiro atoms. The minimum Gasteiger partial charge on any atom is -0.497 e. The van der Waals surface area contributed by atoms with Crippen LogP contribution in [-0.4, -0.2) is 40.1 Å². The molecule has 0 aliphatic heterocycles. The minimum atomic E-state index is -0.547. The third kappa shape index (κ3) is 3.90. The summed E-state index contributed by atoms with van der Waals surface area (Å²) in [4.78, 5) is 11.1. The SMILES string of the molecule is COc1cc(OCC(OC)OC)cc(C(N)=O)c1. The van der Waals surface area contributed by atoms with E-state index in [0.29, 0.717) is 17.1 Å². The topological polar surface area (TPSA) is 80.0 Å². The van der Waals surface area contributed by atoms with E-state index in [2.05, 4.69) is 0 Å². The molecule has 0 aromatic heterocycles. The van der Waals surface area contributed by atoms with Gasteiger partial charge in [0.15, 0.2) is 6.29 Å². The molecule has 0 bridgehead atoms. The third-order valence-corrected chi connectivity index (χ3v) is 2.31. The lowest BCUT2D eigenvalue weighted by Crippen LogP contribution is -2.22. The Hall–Kier alpha value is -1.79. The molecule has 0 atom stereocenters. The van der Waals surface area contributed by atoms with Crippen molar-refractivity contribution < 1.29 is 23.7 Å². The van der Waals surface area contributed by atoms with Crippen LogP contribution in [0.2, 0.25) is 0 Å². The van der Waals surface area contributed by atoms with Crippen molar-refractivity contribution in [2.75, 3.05) is 27.9 Å². The molecule has 0 saturated carbocycles. The van der Waals surface area contributed by atoms with Crippen molar-refractivity contribution in [3.63, 3.8) is 0 Å². The van der Waals surface area contributed by atoms with Crippen molar-refractivity contribution in [3.8, 4) is 11.5 Å². The molecular weight excluding hydrogens is 238 g/mol. The highest BCUT2D eigenvalue weighted by atomic mass is 16.7. The monoisotopic (exact) mass is 255 g/mol. The number of carbonyl (C=O) groups excluding carboxylic acids is 1. The van der Waals surface area contributed by atoms with Gasteiger partial charge in [-0.25, -0.2) is 0 Å². The van der Waals surface area contributed by atoms with Gasteiger partial charge in [0.1, 0.15) is 18.1 Å². The zero-order valence-corrected chi connectivity index (χ0v) is 10.6. The Balaban J connectivity index is 2.81. The second-order valence-electron chi connectivity index (χ2n) is 3.47. The molecule has 0 saturated heterocycles. The van der Waals surface area contributed by atoms with Crippen molar-refractivity contribution in [2.24, 2.45) is 5.73 Å². The van der Waals surface area contributed by atoms with Gasteiger partial charge in [-0.15, -0.1) is 0 Å². The highest BCUT2D eigenvalue weighted by Crippen LogP contribution is 2.22. The molecule has 6 nitrogen and oxygen atoms in total. The summed E-state index contributed by atoms with van der Waals surface area (Å²) in [5.74, 6) is 0.406. The van der Waals surface area contributed by atoms with Gasteiger partial charge in [0, 0.05) is 25.8 Å². The number of rotatable bonds is 7. The van der Waals surface area contributed by atoms with Gasteiger partial charge in [0.2, 0.25) is 5.91 Å². The van der Waals surface area contributed by atoms with Crippen LogP contribution >= 0.6 is 0 Å². The van der Waals surface area contributed by atoms with E-state index < -0.39 is 12.2 Å². The molecule has 6 heteroatoms. The van der Waals surface area contributed by atoms with E-state index >= 15 is 0 Å². The highest BCUT2D eigenvalue weighted by molar-refractivity contribution is 5.93. The first kappa shape index (κ1) is 14.3. The summed E-state index contributed by atoms with van der Waals surface area (Å²) >= 11 is 0. The Morgan fingerprint density at radius 3 is 2.28 bits per heavy atom. The van der Waals surface area contributed by atoms with Crippen LogP contribution in [0, 0.1) is 0 Å². The number of ether oxygens (including phenoxy) is 4. The van der Waals surface area contributed by atoms with Gasteiger partial charge in [-0.1, -0.05) is 0 Å². The van der Waals surface area contributed by atoms with Crippen LogP contribution in [0.5, 0.6) is 11.5 Å². The number of benzene rings is 1. The molecule has 0 aliphatic rings. The van der Waals surface area contributed by atoms with E-state index in [0.717, 1.165) is 0 Å². The summed E-state index contributed by atoms with van der Waals surface area (Å²) in [7, 11) is 4.52. The fourth-order valence-corrected chi connectivity index (χ4v) is 1.31. The second kappa shape index (κ2) is 6.83. The average Bonchev–Trinajstić information content (AvgIpc) is 2.39. The van der Waals surface area contributed by atoms with Crippen molar-refractivity contribution in [1.82, 2.24) is 0 Å². The minimum absolute atomic E-state index is 0.193. The predicted octanol–water partition coefficient (Wildman–Crippen LogP) is 0.792. The zero-order chi connectivity index (χ0) is 13.5. The molecule has 1 rings (SSSR count). The van der Waals surface area contributed by atoms with Gasteiger partial charge in [-0.3, -0.25) is 4.79 Å². The molecule has 1 aromatic carbocycles. The summed E-state index contributed by atoms with van der Waals surface area (Å²) in [5.41, 5.74) is 5.53. The normalized spacial score (nSPS) is 10.4. The van der Waals surface area contributed by atoms with Gasteiger partial charge in [-0.2, -0.15) is 0 Å². The van der Waals surface area contributed by atoms with Gasteiger partial charge < -0.3 is 24.7 Å². The fourth-order valence-electron chi connectivity index (χ4n) is 1.31. The Morgan fingerprint density at radius 1 is 1.17 bits per heavy atom. The molecule has 0 aliphatic carbocycles. The third-order valence-electron chi connectivity index (χ3n) is 2.31. The molecule has 0 radical (unpaired) electrons. The second-order valence-corrected chi connectivity index (χ2v) is 3.47. The summed E-state index contributed by atoms with van der Waals surface area (Å²) in [5, 5.41) is 0. The van der Waals surface area contributed by atoms with Gasteiger partial charge in [-0.05, 0) is 12.1 Å². The van der Waals surface area contributed by atoms with Crippen molar-refractivity contribution in [1.29, 1.82) is 0 Å². The van der Waals surface area contributed by atoms with Crippen molar-refractivity contribution in [3.05, 3.63) is 23.8 Å². The van der Waals surface area contributed by atoms with Crippen LogP contribution in [-0.2, 0) is 9.47 Å². The first-order valence-electron chi connectivity index (χ1n) is 5.28. The van der Waals surface area contributed by atoms with Gasteiger partial charge in [0.05, 0.1) is 7.11 Å². The fraction of sp³-hybridized carbons (Fsp3) is 0.417. The number of nitrogens with two attached hydrogens (primary N) is 1. The summed E-state index contributed by atoms with van der Waals surface area (Å²) in [6.45, 7) is 0.193. The van der Waals surface area contributed by atoms with Crippen LogP contribution in [0.1, 0.15) is 10.4 Å². The lowest BCUT2D eigenvalue weighted by molar-refractivity contribution is -0.121.